The van der Waals surface area contributed by atoms with Gasteiger partial charge >= 0.3 is 5.97 Å². The van der Waals surface area contributed by atoms with Gasteiger partial charge < -0.3 is 9.47 Å². The molecule has 0 fully saturated rings. The monoisotopic (exact) mass is 250 g/mol. The number of methoxy groups -OCH3 is 1. The third-order valence-electron chi connectivity index (χ3n) is 2.84. The molecular formula is C15H22O3. The van der Waals surface area contributed by atoms with Crippen LogP contribution in [0.4, 0.5) is 0 Å². The predicted octanol–water partition coefficient (Wildman–Crippen LogP) is 3.57. The number of hydrogen-bond donors (Lipinski definition) is 0. The molecule has 0 heterocycles. The third-order valence-corrected chi connectivity index (χ3v) is 2.84. The van der Waals surface area contributed by atoms with E-state index in [0.717, 1.165) is 6.42 Å². The van der Waals surface area contributed by atoms with E-state index in [1.165, 1.54) is 25.5 Å². The molecule has 0 saturated carbocycles. The number of carbonyl (C=O) groups is 1. The highest BCUT2D eigenvalue weighted by atomic mass is 16.7. The van der Waals surface area contributed by atoms with Gasteiger partial charge in [-0.15, -0.1) is 0 Å². The van der Waals surface area contributed by atoms with Crippen molar-refractivity contribution in [3.63, 3.8) is 0 Å². The van der Waals surface area contributed by atoms with Crippen molar-refractivity contribution in [2.24, 2.45) is 0 Å². The van der Waals surface area contributed by atoms with Crippen molar-refractivity contribution < 1.29 is 14.3 Å². The maximum Gasteiger partial charge on any atom is 0.340 e. The zero-order valence-electron chi connectivity index (χ0n) is 11.7. The van der Waals surface area contributed by atoms with Gasteiger partial charge in [-0.1, -0.05) is 25.5 Å². The van der Waals surface area contributed by atoms with Gasteiger partial charge in [0.05, 0.1) is 5.56 Å². The summed E-state index contributed by atoms with van der Waals surface area (Å²) in [4.78, 5) is 11.8. The minimum absolute atomic E-state index is 0.358. The Morgan fingerprint density at radius 3 is 2.33 bits per heavy atom. The standard InChI is InChI=1S/C15H22O3/c1-5-6-7-12-8-10-13(11-9-12)14(16)18-15(2,3)17-4/h8-11H,5-7H2,1-4H3. The minimum atomic E-state index is -0.891. The topological polar surface area (TPSA) is 35.5 Å². The highest BCUT2D eigenvalue weighted by molar-refractivity contribution is 5.89. The van der Waals surface area contributed by atoms with Gasteiger partial charge in [-0.2, -0.15) is 0 Å². The van der Waals surface area contributed by atoms with Crippen LogP contribution in [-0.2, 0) is 15.9 Å². The Bertz CT molecular complexity index is 379. The second-order valence-corrected chi connectivity index (χ2v) is 4.79. The molecule has 0 aliphatic heterocycles. The highest BCUT2D eigenvalue weighted by Gasteiger charge is 2.22. The lowest BCUT2D eigenvalue weighted by atomic mass is 10.1. The van der Waals surface area contributed by atoms with Gasteiger partial charge in [-0.25, -0.2) is 4.79 Å². The largest absolute Gasteiger partial charge is 0.430 e. The van der Waals surface area contributed by atoms with Gasteiger partial charge in [0, 0.05) is 21.0 Å². The first-order chi connectivity index (χ1) is 8.48. The first kappa shape index (κ1) is 14.7. The normalized spacial score (nSPS) is 11.3. The van der Waals surface area contributed by atoms with Crippen LogP contribution in [0.3, 0.4) is 0 Å². The van der Waals surface area contributed by atoms with Crippen molar-refractivity contribution in [1.29, 1.82) is 0 Å². The molecule has 0 aromatic heterocycles. The molecule has 0 unspecified atom stereocenters. The zero-order valence-corrected chi connectivity index (χ0v) is 11.7. The highest BCUT2D eigenvalue weighted by Crippen LogP contribution is 2.14. The molecule has 0 aliphatic rings. The Morgan fingerprint density at radius 2 is 1.83 bits per heavy atom. The van der Waals surface area contributed by atoms with Crippen LogP contribution in [0.5, 0.6) is 0 Å². The number of esters is 1. The lowest BCUT2D eigenvalue weighted by molar-refractivity contribution is -0.160. The molecule has 1 rings (SSSR count). The van der Waals surface area contributed by atoms with E-state index in [2.05, 4.69) is 6.92 Å². The Balaban J connectivity index is 2.64. The van der Waals surface area contributed by atoms with E-state index in [9.17, 15) is 4.79 Å². The molecule has 0 N–H and O–H groups in total. The van der Waals surface area contributed by atoms with E-state index in [1.807, 2.05) is 12.1 Å². The Kier molecular flexibility index (Phi) is 5.35. The van der Waals surface area contributed by atoms with Crippen LogP contribution in [0.2, 0.25) is 0 Å². The number of unbranched alkanes of at least 4 members (excludes halogenated alkanes) is 1. The van der Waals surface area contributed by atoms with Crippen molar-refractivity contribution in [3.8, 4) is 0 Å². The maximum atomic E-state index is 11.8. The molecule has 0 bridgehead atoms. The zero-order chi connectivity index (χ0) is 13.6. The number of carbonyl (C=O) groups excluding carboxylic acids is 1. The van der Waals surface area contributed by atoms with Gasteiger partial charge in [0.1, 0.15) is 0 Å². The van der Waals surface area contributed by atoms with Gasteiger partial charge in [-0.3, -0.25) is 0 Å². The molecular weight excluding hydrogens is 228 g/mol. The molecule has 1 aromatic carbocycles. The van der Waals surface area contributed by atoms with Crippen LogP contribution in [-0.4, -0.2) is 18.9 Å². The second kappa shape index (κ2) is 6.55. The Hall–Kier alpha value is -1.35. The predicted molar refractivity (Wildman–Crippen MR) is 71.6 cm³/mol. The number of benzene rings is 1. The lowest BCUT2D eigenvalue weighted by Gasteiger charge is -2.22. The lowest BCUT2D eigenvalue weighted by Crippen LogP contribution is -2.29. The van der Waals surface area contributed by atoms with Crippen molar-refractivity contribution in [2.75, 3.05) is 7.11 Å². The Labute approximate surface area is 109 Å². The number of hydrogen-bond acceptors (Lipinski definition) is 3. The van der Waals surface area contributed by atoms with E-state index in [1.54, 1.807) is 26.0 Å². The fourth-order valence-electron chi connectivity index (χ4n) is 1.51. The van der Waals surface area contributed by atoms with Gasteiger partial charge in [0.2, 0.25) is 5.79 Å². The van der Waals surface area contributed by atoms with E-state index < -0.39 is 5.79 Å². The number of aryl methyl sites for hydroxylation is 1. The first-order valence-corrected chi connectivity index (χ1v) is 6.36. The number of rotatable bonds is 6. The maximum absolute atomic E-state index is 11.8. The molecule has 100 valence electrons. The smallest absolute Gasteiger partial charge is 0.340 e. The quantitative estimate of drug-likeness (QED) is 0.572. The summed E-state index contributed by atoms with van der Waals surface area (Å²) in [5, 5.41) is 0. The molecule has 3 nitrogen and oxygen atoms in total. The van der Waals surface area contributed by atoms with E-state index >= 15 is 0 Å². The van der Waals surface area contributed by atoms with Crippen LogP contribution in [0.25, 0.3) is 0 Å². The molecule has 3 heteroatoms. The molecule has 0 aliphatic carbocycles. The average Bonchev–Trinajstić information content (AvgIpc) is 2.36. The fraction of sp³-hybridized carbons (Fsp3) is 0.533. The first-order valence-electron chi connectivity index (χ1n) is 6.36. The van der Waals surface area contributed by atoms with Gasteiger partial charge in [0.25, 0.3) is 0 Å². The summed E-state index contributed by atoms with van der Waals surface area (Å²) >= 11 is 0. The van der Waals surface area contributed by atoms with Crippen LogP contribution in [0, 0.1) is 0 Å². The van der Waals surface area contributed by atoms with E-state index in [4.69, 9.17) is 9.47 Å². The summed E-state index contributed by atoms with van der Waals surface area (Å²) in [5.41, 5.74) is 1.81. The van der Waals surface area contributed by atoms with E-state index in [0.29, 0.717) is 5.56 Å². The van der Waals surface area contributed by atoms with Crippen LogP contribution >= 0.6 is 0 Å². The van der Waals surface area contributed by atoms with Crippen molar-refractivity contribution >= 4 is 5.97 Å². The van der Waals surface area contributed by atoms with E-state index in [-0.39, 0.29) is 5.97 Å². The Morgan fingerprint density at radius 1 is 1.22 bits per heavy atom. The molecule has 0 atom stereocenters. The molecule has 0 radical (unpaired) electrons. The summed E-state index contributed by atoms with van der Waals surface area (Å²) in [6, 6.07) is 7.57. The third kappa shape index (κ3) is 4.49. The molecule has 0 spiro atoms. The van der Waals surface area contributed by atoms with Crippen LogP contribution in [0.15, 0.2) is 24.3 Å². The minimum Gasteiger partial charge on any atom is -0.430 e. The van der Waals surface area contributed by atoms with Gasteiger partial charge in [0.15, 0.2) is 0 Å². The van der Waals surface area contributed by atoms with Crippen molar-refractivity contribution in [1.82, 2.24) is 0 Å². The summed E-state index contributed by atoms with van der Waals surface area (Å²) in [6.07, 6.45) is 3.39. The second-order valence-electron chi connectivity index (χ2n) is 4.79. The summed E-state index contributed by atoms with van der Waals surface area (Å²) in [6.45, 7) is 5.58. The van der Waals surface area contributed by atoms with Gasteiger partial charge in [-0.05, 0) is 30.5 Å². The van der Waals surface area contributed by atoms with Crippen LogP contribution < -0.4 is 0 Å². The van der Waals surface area contributed by atoms with Crippen molar-refractivity contribution in [3.05, 3.63) is 35.4 Å². The summed E-state index contributed by atoms with van der Waals surface area (Å²) in [7, 11) is 1.52. The van der Waals surface area contributed by atoms with Crippen LogP contribution in [0.1, 0.15) is 49.5 Å². The average molecular weight is 250 g/mol. The number of ether oxygens (including phenoxy) is 2. The summed E-state index contributed by atoms with van der Waals surface area (Å²) in [5.74, 6) is -1.25. The summed E-state index contributed by atoms with van der Waals surface area (Å²) < 4.78 is 10.3. The molecule has 18 heavy (non-hydrogen) atoms. The SMILES string of the molecule is CCCCc1ccc(C(=O)OC(C)(C)OC)cc1. The molecule has 1 aromatic rings. The fourth-order valence-corrected chi connectivity index (χ4v) is 1.51. The molecule has 0 saturated heterocycles. The molecule has 0 amide bonds. The van der Waals surface area contributed by atoms with Crippen molar-refractivity contribution in [2.45, 2.75) is 45.8 Å².